The Morgan fingerprint density at radius 2 is 1.93 bits per heavy atom. The molecule has 3 rings (SSSR count). The summed E-state index contributed by atoms with van der Waals surface area (Å²) in [7, 11) is 1.46. The number of terminal acetylenes is 1. The lowest BCUT2D eigenvalue weighted by Gasteiger charge is -2.26. The number of barbiturate groups is 1. The molecule has 1 saturated heterocycles. The molecule has 0 atom stereocenters. The van der Waals surface area contributed by atoms with E-state index in [0.29, 0.717) is 25.7 Å². The summed E-state index contributed by atoms with van der Waals surface area (Å²) in [6, 6.07) is 8.57. The van der Waals surface area contributed by atoms with Crippen molar-refractivity contribution in [3.8, 4) is 23.8 Å². The molecule has 0 aromatic heterocycles. The Bertz CT molecular complexity index is 1110. The smallest absolute Gasteiger partial charge is 0.335 e. The predicted octanol–water partition coefficient (Wildman–Crippen LogP) is 3.63. The molecule has 2 aromatic carbocycles. The lowest BCUT2D eigenvalue weighted by atomic mass is 10.1. The number of hydrogen-bond acceptors (Lipinski definition) is 5. The zero-order chi connectivity index (χ0) is 21.8. The highest BCUT2D eigenvalue weighted by Gasteiger charge is 2.36. The largest absolute Gasteiger partial charge is 0.493 e. The number of nitrogens with one attached hydrogen (secondary N) is 1. The van der Waals surface area contributed by atoms with Crippen LogP contribution in [0.15, 0.2) is 42.0 Å². The lowest BCUT2D eigenvalue weighted by molar-refractivity contribution is -0.122. The van der Waals surface area contributed by atoms with Crippen LogP contribution in [0.5, 0.6) is 11.5 Å². The van der Waals surface area contributed by atoms with Crippen molar-refractivity contribution < 1.29 is 23.9 Å². The van der Waals surface area contributed by atoms with Crippen LogP contribution in [0.25, 0.3) is 6.08 Å². The van der Waals surface area contributed by atoms with Crippen molar-refractivity contribution in [3.05, 3.63) is 56.1 Å². The maximum Gasteiger partial charge on any atom is 0.335 e. The molecule has 30 heavy (non-hydrogen) atoms. The van der Waals surface area contributed by atoms with Crippen molar-refractivity contribution in [2.75, 3.05) is 18.6 Å². The predicted molar refractivity (Wildman–Crippen MR) is 120 cm³/mol. The first-order valence-electron chi connectivity index (χ1n) is 8.46. The van der Waals surface area contributed by atoms with Crippen LogP contribution in [0.3, 0.4) is 0 Å². The van der Waals surface area contributed by atoms with Gasteiger partial charge in [-0.2, -0.15) is 0 Å². The number of ether oxygens (including phenoxy) is 2. The van der Waals surface area contributed by atoms with Gasteiger partial charge in [-0.1, -0.05) is 17.5 Å². The van der Waals surface area contributed by atoms with Gasteiger partial charge >= 0.3 is 6.03 Å². The van der Waals surface area contributed by atoms with Gasteiger partial charge in [0.05, 0.1) is 16.4 Å². The summed E-state index contributed by atoms with van der Waals surface area (Å²) in [4.78, 5) is 38.4. The molecule has 0 bridgehead atoms. The monoisotopic (exact) mass is 536 g/mol. The number of benzene rings is 2. The number of imide groups is 2. The molecule has 9 heteroatoms. The molecule has 152 valence electrons. The second-order valence-corrected chi connectivity index (χ2v) is 7.56. The quantitative estimate of drug-likeness (QED) is 0.273. The van der Waals surface area contributed by atoms with Crippen LogP contribution >= 0.6 is 34.2 Å². The summed E-state index contributed by atoms with van der Waals surface area (Å²) in [5.41, 5.74) is 0.582. The summed E-state index contributed by atoms with van der Waals surface area (Å²) in [6.45, 7) is 0.0614. The minimum absolute atomic E-state index is 0.0614. The second-order valence-electron chi connectivity index (χ2n) is 5.96. The van der Waals surface area contributed by atoms with Gasteiger partial charge in [0.1, 0.15) is 12.2 Å². The van der Waals surface area contributed by atoms with Crippen LogP contribution in [-0.4, -0.2) is 31.6 Å². The highest BCUT2D eigenvalue weighted by atomic mass is 127. The van der Waals surface area contributed by atoms with Gasteiger partial charge in [-0.15, -0.1) is 6.42 Å². The molecule has 7 nitrogen and oxygen atoms in total. The SMILES string of the molecule is C#CCOc1c(I)cc(C=C2C(=O)NC(=O)N(c3ccc(Cl)cc3)C2=O)cc1OC. The van der Waals surface area contributed by atoms with Gasteiger partial charge in [-0.05, 0) is 70.6 Å². The third-order valence-corrected chi connectivity index (χ3v) is 5.10. The maximum atomic E-state index is 12.9. The summed E-state index contributed by atoms with van der Waals surface area (Å²) >= 11 is 7.90. The van der Waals surface area contributed by atoms with E-state index in [0.717, 1.165) is 4.90 Å². The summed E-state index contributed by atoms with van der Waals surface area (Å²) in [5, 5.41) is 2.62. The van der Waals surface area contributed by atoms with Crippen LogP contribution in [0.2, 0.25) is 5.02 Å². The highest BCUT2D eigenvalue weighted by molar-refractivity contribution is 14.1. The van der Waals surface area contributed by atoms with Crippen molar-refractivity contribution in [2.24, 2.45) is 0 Å². The van der Waals surface area contributed by atoms with Gasteiger partial charge in [-0.25, -0.2) is 9.69 Å². The van der Waals surface area contributed by atoms with E-state index in [1.165, 1.54) is 25.3 Å². The highest BCUT2D eigenvalue weighted by Crippen LogP contribution is 2.35. The van der Waals surface area contributed by atoms with Crippen LogP contribution < -0.4 is 19.7 Å². The first kappa shape index (κ1) is 21.7. The average molecular weight is 537 g/mol. The fourth-order valence-electron chi connectivity index (χ4n) is 2.73. The third kappa shape index (κ3) is 4.42. The number of halogens is 2. The van der Waals surface area contributed by atoms with Crippen LogP contribution in [-0.2, 0) is 9.59 Å². The van der Waals surface area contributed by atoms with E-state index in [9.17, 15) is 14.4 Å². The van der Waals surface area contributed by atoms with Crippen LogP contribution in [0.1, 0.15) is 5.56 Å². The van der Waals surface area contributed by atoms with Crippen molar-refractivity contribution in [3.63, 3.8) is 0 Å². The van der Waals surface area contributed by atoms with Gasteiger partial charge < -0.3 is 9.47 Å². The summed E-state index contributed by atoms with van der Waals surface area (Å²) < 4.78 is 11.5. The lowest BCUT2D eigenvalue weighted by Crippen LogP contribution is -2.54. The minimum atomic E-state index is -0.838. The average Bonchev–Trinajstić information content (AvgIpc) is 2.71. The molecular formula is C21H14ClIN2O5. The molecular weight excluding hydrogens is 523 g/mol. The van der Waals surface area contributed by atoms with Crippen molar-refractivity contribution in [2.45, 2.75) is 0 Å². The molecule has 1 N–H and O–H groups in total. The van der Waals surface area contributed by atoms with E-state index in [1.54, 1.807) is 24.3 Å². The van der Waals surface area contributed by atoms with E-state index < -0.39 is 17.8 Å². The van der Waals surface area contributed by atoms with Gasteiger partial charge in [0.25, 0.3) is 11.8 Å². The summed E-state index contributed by atoms with van der Waals surface area (Å²) in [6.07, 6.45) is 6.61. The van der Waals surface area contributed by atoms with Crippen molar-refractivity contribution in [1.29, 1.82) is 0 Å². The van der Waals surface area contributed by atoms with Crippen LogP contribution in [0.4, 0.5) is 10.5 Å². The Hall–Kier alpha value is -3.03. The molecule has 0 radical (unpaired) electrons. The topological polar surface area (TPSA) is 84.9 Å². The zero-order valence-corrected chi connectivity index (χ0v) is 18.5. The van der Waals surface area contributed by atoms with Crippen molar-refractivity contribution >= 4 is 63.8 Å². The van der Waals surface area contributed by atoms with Gasteiger partial charge in [0.2, 0.25) is 0 Å². The Morgan fingerprint density at radius 3 is 2.57 bits per heavy atom. The number of urea groups is 1. The molecule has 2 aromatic rings. The zero-order valence-electron chi connectivity index (χ0n) is 15.6. The fourth-order valence-corrected chi connectivity index (χ4v) is 3.63. The first-order chi connectivity index (χ1) is 14.3. The third-order valence-electron chi connectivity index (χ3n) is 4.05. The molecule has 4 amide bonds. The number of rotatable bonds is 5. The number of nitrogens with zero attached hydrogens (tertiary/aromatic N) is 1. The van der Waals surface area contributed by atoms with E-state index in [2.05, 4.69) is 11.2 Å². The molecule has 0 saturated carbocycles. The Morgan fingerprint density at radius 1 is 1.23 bits per heavy atom. The number of amides is 4. The standard InChI is InChI=1S/C21H14ClIN2O5/c1-3-8-30-18-16(23)10-12(11-17(18)29-2)9-15-19(26)24-21(28)25(20(15)27)14-6-4-13(22)5-7-14/h1,4-7,9-11H,8H2,2H3,(H,24,26,28). The number of hydrogen-bond donors (Lipinski definition) is 1. The van der Waals surface area contributed by atoms with Crippen LogP contribution in [0, 0.1) is 15.9 Å². The normalized spacial score (nSPS) is 15.1. The second kappa shape index (κ2) is 9.19. The minimum Gasteiger partial charge on any atom is -0.493 e. The number of carbonyl (C=O) groups excluding carboxylic acids is 3. The Balaban J connectivity index is 2.01. The van der Waals surface area contributed by atoms with Gasteiger partial charge in [-0.3, -0.25) is 14.9 Å². The number of carbonyl (C=O) groups is 3. The molecule has 1 fully saturated rings. The molecule has 1 aliphatic rings. The molecule has 0 unspecified atom stereocenters. The van der Waals surface area contributed by atoms with E-state index in [1.807, 2.05) is 22.6 Å². The van der Waals surface area contributed by atoms with Gasteiger partial charge in [0.15, 0.2) is 11.5 Å². The molecule has 0 spiro atoms. The first-order valence-corrected chi connectivity index (χ1v) is 9.92. The Labute approximate surface area is 191 Å². The fraction of sp³-hybridized carbons (Fsp3) is 0.0952. The molecule has 1 aliphatic heterocycles. The Kier molecular flexibility index (Phi) is 6.64. The molecule has 0 aliphatic carbocycles. The number of methoxy groups -OCH3 is 1. The van der Waals surface area contributed by atoms with Gasteiger partial charge in [0, 0.05) is 5.02 Å². The maximum absolute atomic E-state index is 12.9. The number of anilines is 1. The van der Waals surface area contributed by atoms with E-state index in [4.69, 9.17) is 27.5 Å². The van der Waals surface area contributed by atoms with E-state index in [-0.39, 0.29) is 17.9 Å². The molecule has 1 heterocycles. The summed E-state index contributed by atoms with van der Waals surface area (Å²) in [5.74, 6) is 1.67. The van der Waals surface area contributed by atoms with Crippen molar-refractivity contribution in [1.82, 2.24) is 5.32 Å². The van der Waals surface area contributed by atoms with E-state index >= 15 is 0 Å².